The van der Waals surface area contributed by atoms with Gasteiger partial charge in [-0.2, -0.15) is 0 Å². The minimum Gasteiger partial charge on any atom is -0.369 e. The predicted octanol–water partition coefficient (Wildman–Crippen LogP) is 3.51. The van der Waals surface area contributed by atoms with E-state index in [1.54, 1.807) is 6.07 Å². The van der Waals surface area contributed by atoms with Crippen molar-refractivity contribution < 1.29 is 4.39 Å². The van der Waals surface area contributed by atoms with Gasteiger partial charge in [0, 0.05) is 6.04 Å². The Morgan fingerprint density at radius 3 is 3.00 bits per heavy atom. The summed E-state index contributed by atoms with van der Waals surface area (Å²) in [5.74, 6) is 0.983. The second-order valence-corrected chi connectivity index (χ2v) is 5.40. The molecule has 18 heavy (non-hydrogen) atoms. The Hall–Kier alpha value is -1.58. The maximum Gasteiger partial charge on any atom is 0.201 e. The van der Waals surface area contributed by atoms with Crippen LogP contribution in [0, 0.1) is 11.7 Å². The van der Waals surface area contributed by atoms with Crippen LogP contribution in [-0.2, 0) is 0 Å². The van der Waals surface area contributed by atoms with E-state index in [0.717, 1.165) is 23.9 Å². The zero-order chi connectivity index (χ0) is 12.7. The average molecular weight is 247 g/mol. The third-order valence-electron chi connectivity index (χ3n) is 3.95. The Balaban J connectivity index is 2.09. The van der Waals surface area contributed by atoms with Crippen LogP contribution in [0.5, 0.6) is 0 Å². The molecule has 1 heterocycles. The third-order valence-corrected chi connectivity index (χ3v) is 3.95. The summed E-state index contributed by atoms with van der Waals surface area (Å²) in [5, 5.41) is 0. The van der Waals surface area contributed by atoms with E-state index in [-0.39, 0.29) is 5.82 Å². The number of fused-ring (bicyclic) bond motifs is 1. The summed E-state index contributed by atoms with van der Waals surface area (Å²) in [6.45, 7) is 2.27. The van der Waals surface area contributed by atoms with Crippen molar-refractivity contribution in [1.82, 2.24) is 9.55 Å². The molecule has 3 nitrogen and oxygen atoms in total. The quantitative estimate of drug-likeness (QED) is 0.838. The van der Waals surface area contributed by atoms with Crippen molar-refractivity contribution in [2.45, 2.75) is 38.6 Å². The van der Waals surface area contributed by atoms with Crippen molar-refractivity contribution in [3.63, 3.8) is 0 Å². The number of halogens is 1. The molecular weight excluding hydrogens is 229 g/mol. The van der Waals surface area contributed by atoms with E-state index >= 15 is 0 Å². The van der Waals surface area contributed by atoms with Crippen LogP contribution in [0.1, 0.15) is 38.6 Å². The Morgan fingerprint density at radius 1 is 1.39 bits per heavy atom. The fraction of sp³-hybridized carbons (Fsp3) is 0.500. The molecule has 1 fully saturated rings. The van der Waals surface area contributed by atoms with E-state index in [1.807, 2.05) is 4.57 Å². The fourth-order valence-electron chi connectivity index (χ4n) is 3.11. The van der Waals surface area contributed by atoms with Gasteiger partial charge >= 0.3 is 0 Å². The number of hydrogen-bond acceptors (Lipinski definition) is 2. The van der Waals surface area contributed by atoms with Gasteiger partial charge in [0.1, 0.15) is 5.82 Å². The summed E-state index contributed by atoms with van der Waals surface area (Å²) in [6, 6.07) is 5.03. The molecule has 0 spiro atoms. The molecule has 2 N–H and O–H groups in total. The Morgan fingerprint density at radius 2 is 2.22 bits per heavy atom. The summed E-state index contributed by atoms with van der Waals surface area (Å²) < 4.78 is 15.4. The van der Waals surface area contributed by atoms with Gasteiger partial charge in [-0.15, -0.1) is 0 Å². The summed E-state index contributed by atoms with van der Waals surface area (Å²) in [6.07, 6.45) is 4.69. The fourth-order valence-corrected chi connectivity index (χ4v) is 3.11. The van der Waals surface area contributed by atoms with Gasteiger partial charge in [-0.1, -0.05) is 19.8 Å². The van der Waals surface area contributed by atoms with E-state index in [0.29, 0.717) is 17.9 Å². The number of aromatic nitrogens is 2. The van der Waals surface area contributed by atoms with Crippen LogP contribution >= 0.6 is 0 Å². The molecule has 0 bridgehead atoms. The van der Waals surface area contributed by atoms with Crippen LogP contribution in [0.3, 0.4) is 0 Å². The molecule has 4 heteroatoms. The minimum absolute atomic E-state index is 0.229. The summed E-state index contributed by atoms with van der Waals surface area (Å²) in [7, 11) is 0. The van der Waals surface area contributed by atoms with Crippen LogP contribution in [0.2, 0.25) is 0 Å². The number of nitrogen functional groups attached to an aromatic ring is 1. The van der Waals surface area contributed by atoms with Gasteiger partial charge in [0.05, 0.1) is 11.0 Å². The topological polar surface area (TPSA) is 43.8 Å². The van der Waals surface area contributed by atoms with Crippen molar-refractivity contribution in [3.8, 4) is 0 Å². The smallest absolute Gasteiger partial charge is 0.201 e. The standard InChI is InChI=1S/C14H18FN3/c1-9-3-2-4-11(7-9)18-13-8-10(15)5-6-12(13)17-14(18)16/h5-6,8-9,11H,2-4,7H2,1H3,(H2,16,17). The molecule has 1 aliphatic carbocycles. The number of hydrogen-bond donors (Lipinski definition) is 1. The molecule has 0 aliphatic heterocycles. The molecule has 0 radical (unpaired) electrons. The molecule has 2 unspecified atom stereocenters. The molecule has 1 aliphatic rings. The zero-order valence-electron chi connectivity index (χ0n) is 10.6. The second kappa shape index (κ2) is 4.26. The number of benzene rings is 1. The normalized spacial score (nSPS) is 24.6. The summed E-state index contributed by atoms with van der Waals surface area (Å²) in [5.41, 5.74) is 7.62. The number of anilines is 1. The lowest BCUT2D eigenvalue weighted by molar-refractivity contribution is 0.289. The predicted molar refractivity (Wildman–Crippen MR) is 70.8 cm³/mol. The van der Waals surface area contributed by atoms with E-state index in [9.17, 15) is 4.39 Å². The van der Waals surface area contributed by atoms with Crippen LogP contribution in [0.25, 0.3) is 11.0 Å². The molecule has 96 valence electrons. The minimum atomic E-state index is -0.229. The first-order valence-electron chi connectivity index (χ1n) is 6.58. The third kappa shape index (κ3) is 1.85. The highest BCUT2D eigenvalue weighted by molar-refractivity contribution is 5.78. The lowest BCUT2D eigenvalue weighted by Gasteiger charge is -2.28. The van der Waals surface area contributed by atoms with Gasteiger partial charge in [-0.05, 0) is 37.0 Å². The number of nitrogens with two attached hydrogens (primary N) is 1. The highest BCUT2D eigenvalue weighted by Crippen LogP contribution is 2.36. The zero-order valence-corrected chi connectivity index (χ0v) is 10.6. The highest BCUT2D eigenvalue weighted by atomic mass is 19.1. The first-order chi connectivity index (χ1) is 8.65. The molecule has 0 saturated heterocycles. The maximum atomic E-state index is 13.4. The van der Waals surface area contributed by atoms with Gasteiger partial charge in [0.15, 0.2) is 0 Å². The summed E-state index contributed by atoms with van der Waals surface area (Å²) >= 11 is 0. The number of imidazole rings is 1. The molecule has 2 atom stereocenters. The first-order valence-corrected chi connectivity index (χ1v) is 6.58. The molecule has 1 aromatic carbocycles. The monoisotopic (exact) mass is 247 g/mol. The van der Waals surface area contributed by atoms with Gasteiger partial charge < -0.3 is 10.3 Å². The largest absolute Gasteiger partial charge is 0.369 e. The van der Waals surface area contributed by atoms with Crippen LogP contribution < -0.4 is 5.73 Å². The van der Waals surface area contributed by atoms with Crippen molar-refractivity contribution in [2.24, 2.45) is 5.92 Å². The van der Waals surface area contributed by atoms with Crippen molar-refractivity contribution in [3.05, 3.63) is 24.0 Å². The molecular formula is C14H18FN3. The molecule has 2 aromatic rings. The second-order valence-electron chi connectivity index (χ2n) is 5.40. The molecule has 3 rings (SSSR count). The van der Waals surface area contributed by atoms with Crippen molar-refractivity contribution >= 4 is 17.0 Å². The van der Waals surface area contributed by atoms with Crippen LogP contribution in [0.15, 0.2) is 18.2 Å². The first kappa shape index (κ1) is 11.5. The van der Waals surface area contributed by atoms with Gasteiger partial charge in [-0.25, -0.2) is 9.37 Å². The van der Waals surface area contributed by atoms with E-state index in [1.165, 1.54) is 25.0 Å². The molecule has 0 amide bonds. The van der Waals surface area contributed by atoms with E-state index in [2.05, 4.69) is 11.9 Å². The van der Waals surface area contributed by atoms with E-state index < -0.39 is 0 Å². The van der Waals surface area contributed by atoms with Crippen LogP contribution in [0.4, 0.5) is 10.3 Å². The van der Waals surface area contributed by atoms with Crippen molar-refractivity contribution in [1.29, 1.82) is 0 Å². The Kier molecular flexibility index (Phi) is 2.73. The van der Waals surface area contributed by atoms with Crippen LogP contribution in [-0.4, -0.2) is 9.55 Å². The highest BCUT2D eigenvalue weighted by Gasteiger charge is 2.23. The maximum absolute atomic E-state index is 13.4. The summed E-state index contributed by atoms with van der Waals surface area (Å²) in [4.78, 5) is 4.33. The molecule has 1 aromatic heterocycles. The Labute approximate surface area is 106 Å². The SMILES string of the molecule is CC1CCCC(n2c(N)nc3ccc(F)cc32)C1. The Bertz CT molecular complexity index is 576. The lowest BCUT2D eigenvalue weighted by Crippen LogP contribution is -2.19. The molecule has 1 saturated carbocycles. The van der Waals surface area contributed by atoms with E-state index in [4.69, 9.17) is 5.73 Å². The number of nitrogens with zero attached hydrogens (tertiary/aromatic N) is 2. The average Bonchev–Trinajstić information content (AvgIpc) is 2.64. The lowest BCUT2D eigenvalue weighted by atomic mass is 9.87. The van der Waals surface area contributed by atoms with Crippen molar-refractivity contribution in [2.75, 3.05) is 5.73 Å². The van der Waals surface area contributed by atoms with Gasteiger partial charge in [-0.3, -0.25) is 0 Å². The van der Waals surface area contributed by atoms with Gasteiger partial charge in [0.25, 0.3) is 0 Å². The van der Waals surface area contributed by atoms with Gasteiger partial charge in [0.2, 0.25) is 5.95 Å². The number of rotatable bonds is 1.